The Morgan fingerprint density at radius 2 is 1.68 bits per heavy atom. The summed E-state index contributed by atoms with van der Waals surface area (Å²) >= 11 is 6.11. The lowest BCUT2D eigenvalue weighted by Gasteiger charge is -2.11. The topological polar surface area (TPSA) is 58.0 Å². The molecule has 0 bridgehead atoms. The summed E-state index contributed by atoms with van der Waals surface area (Å²) < 4.78 is 0. The summed E-state index contributed by atoms with van der Waals surface area (Å²) in [6.07, 6.45) is 8.11. The number of allylic oxidation sites excluding steroid dienone is 4. The van der Waals surface area contributed by atoms with Crippen LogP contribution >= 0.6 is 11.6 Å². The fraction of sp³-hybridized carbons (Fsp3) is 0.391. The van der Waals surface area contributed by atoms with Crippen LogP contribution in [0.1, 0.15) is 60.5 Å². The van der Waals surface area contributed by atoms with E-state index in [-0.39, 0.29) is 5.76 Å². The average Bonchev–Trinajstić information content (AvgIpc) is 2.69. The third kappa shape index (κ3) is 9.05. The number of nitrogens with zero attached hydrogens (tertiary/aromatic N) is 2. The number of fused-ring (bicyclic) bond motifs is 1. The van der Waals surface area contributed by atoms with Gasteiger partial charge in [0.05, 0.1) is 21.8 Å². The number of hydrogen-bond acceptors (Lipinski definition) is 4. The smallest absolute Gasteiger partial charge is 0.157 e. The van der Waals surface area contributed by atoms with Gasteiger partial charge in [0.1, 0.15) is 0 Å². The zero-order valence-electron chi connectivity index (χ0n) is 18.2. The summed E-state index contributed by atoms with van der Waals surface area (Å²) in [4.78, 5) is 8.54. The zero-order chi connectivity index (χ0) is 21.5. The van der Waals surface area contributed by atoms with E-state index < -0.39 is 0 Å². The summed E-state index contributed by atoms with van der Waals surface area (Å²) in [5, 5.41) is 13.7. The first-order valence-corrected chi connectivity index (χ1v) is 10.1. The molecule has 28 heavy (non-hydrogen) atoms. The normalized spacial score (nSPS) is 11.4. The quantitative estimate of drug-likeness (QED) is 0.415. The van der Waals surface area contributed by atoms with Gasteiger partial charge in [-0.25, -0.2) is 0 Å². The van der Waals surface area contributed by atoms with Crippen LogP contribution in [-0.2, 0) is 6.54 Å². The third-order valence-corrected chi connectivity index (χ3v) is 3.49. The van der Waals surface area contributed by atoms with Crippen molar-refractivity contribution in [3.8, 4) is 0 Å². The van der Waals surface area contributed by atoms with Gasteiger partial charge in [-0.2, -0.15) is 0 Å². The summed E-state index contributed by atoms with van der Waals surface area (Å²) in [6.45, 7) is 14.5. The monoisotopic (exact) mass is 403 g/mol. The van der Waals surface area contributed by atoms with Crippen LogP contribution in [0.15, 0.2) is 64.8 Å². The molecule has 0 aliphatic carbocycles. The molecule has 4 nitrogen and oxygen atoms in total. The molecule has 154 valence electrons. The molecule has 0 amide bonds. The zero-order valence-corrected chi connectivity index (χ0v) is 18.9. The van der Waals surface area contributed by atoms with Gasteiger partial charge < -0.3 is 10.4 Å². The van der Waals surface area contributed by atoms with Crippen LogP contribution in [0, 0.1) is 0 Å². The van der Waals surface area contributed by atoms with E-state index in [0.717, 1.165) is 22.2 Å². The molecule has 0 atom stereocenters. The van der Waals surface area contributed by atoms with Gasteiger partial charge in [-0.15, -0.1) is 0 Å². The van der Waals surface area contributed by atoms with Crippen molar-refractivity contribution in [3.05, 3.63) is 70.4 Å². The van der Waals surface area contributed by atoms with Gasteiger partial charge in [0.25, 0.3) is 0 Å². The minimum absolute atomic E-state index is 0.0379. The standard InChI is InChI=1S/C18H20ClN3O.C3H8.C2H6/c1-4-15(18(23)14(19)9-12(2)3)22-11-13-5-6-16-17(10-13)21-8-7-20-16;1-3-2;1-2/h4-10,22-23H,11H2,1-3H3;3H2,1-2H3;1-2H3/b15-4+,18-14-;;. The number of aliphatic hydroxyl groups is 1. The van der Waals surface area contributed by atoms with E-state index >= 15 is 0 Å². The van der Waals surface area contributed by atoms with Crippen molar-refractivity contribution in [3.63, 3.8) is 0 Å². The van der Waals surface area contributed by atoms with Crippen molar-refractivity contribution in [1.29, 1.82) is 0 Å². The van der Waals surface area contributed by atoms with Crippen LogP contribution in [0.2, 0.25) is 0 Å². The first-order chi connectivity index (χ1) is 13.4. The molecule has 0 aliphatic rings. The summed E-state index contributed by atoms with van der Waals surface area (Å²) in [7, 11) is 0. The number of hydrogen-bond donors (Lipinski definition) is 2. The van der Waals surface area contributed by atoms with Crippen LogP contribution in [-0.4, -0.2) is 15.1 Å². The molecule has 1 heterocycles. The minimum atomic E-state index is 0.0379. The second-order valence-electron chi connectivity index (χ2n) is 6.06. The molecule has 0 spiro atoms. The fourth-order valence-electron chi connectivity index (χ4n) is 2.09. The lowest BCUT2D eigenvalue weighted by Crippen LogP contribution is -2.15. The van der Waals surface area contributed by atoms with Crippen LogP contribution in [0.5, 0.6) is 0 Å². The Kier molecular flexibility index (Phi) is 13.5. The molecule has 1 aromatic heterocycles. The van der Waals surface area contributed by atoms with E-state index in [1.165, 1.54) is 6.42 Å². The van der Waals surface area contributed by atoms with E-state index in [1.807, 2.05) is 52.8 Å². The predicted octanol–water partition coefficient (Wildman–Crippen LogP) is 7.04. The minimum Gasteiger partial charge on any atom is -0.504 e. The molecule has 5 heteroatoms. The van der Waals surface area contributed by atoms with Gasteiger partial charge >= 0.3 is 0 Å². The lowest BCUT2D eigenvalue weighted by molar-refractivity contribution is 0.411. The maximum atomic E-state index is 10.2. The second kappa shape index (κ2) is 14.7. The average molecular weight is 404 g/mol. The number of aromatic nitrogens is 2. The van der Waals surface area contributed by atoms with Crippen molar-refractivity contribution in [2.45, 2.75) is 61.4 Å². The van der Waals surface area contributed by atoms with Gasteiger partial charge in [-0.1, -0.05) is 63.4 Å². The van der Waals surface area contributed by atoms with Gasteiger partial charge in [-0.05, 0) is 44.5 Å². The molecular weight excluding hydrogens is 370 g/mol. The number of benzene rings is 1. The van der Waals surface area contributed by atoms with Crippen LogP contribution in [0.25, 0.3) is 11.0 Å². The Hall–Kier alpha value is -2.33. The Morgan fingerprint density at radius 1 is 1.11 bits per heavy atom. The molecule has 0 saturated carbocycles. The Labute approximate surface area is 175 Å². The Bertz CT molecular complexity index is 806. The molecule has 2 aromatic rings. The molecule has 2 rings (SSSR count). The largest absolute Gasteiger partial charge is 0.504 e. The van der Waals surface area contributed by atoms with E-state index in [9.17, 15) is 5.11 Å². The Balaban J connectivity index is 0.00000133. The van der Waals surface area contributed by atoms with Gasteiger partial charge in [0.15, 0.2) is 5.76 Å². The number of halogens is 1. The van der Waals surface area contributed by atoms with Crippen LogP contribution in [0.4, 0.5) is 0 Å². The predicted molar refractivity (Wildman–Crippen MR) is 122 cm³/mol. The van der Waals surface area contributed by atoms with E-state index in [1.54, 1.807) is 24.5 Å². The number of aliphatic hydroxyl groups excluding tert-OH is 1. The first-order valence-electron chi connectivity index (χ1n) is 9.76. The highest BCUT2D eigenvalue weighted by Crippen LogP contribution is 2.18. The van der Waals surface area contributed by atoms with E-state index in [4.69, 9.17) is 11.6 Å². The maximum Gasteiger partial charge on any atom is 0.157 e. The van der Waals surface area contributed by atoms with Crippen molar-refractivity contribution in [2.75, 3.05) is 0 Å². The fourth-order valence-corrected chi connectivity index (χ4v) is 2.41. The molecule has 0 aliphatic heterocycles. The van der Waals surface area contributed by atoms with Gasteiger partial charge in [-0.3, -0.25) is 9.97 Å². The molecule has 0 unspecified atom stereocenters. The highest BCUT2D eigenvalue weighted by molar-refractivity contribution is 6.31. The summed E-state index contributed by atoms with van der Waals surface area (Å²) in [5.74, 6) is 0.0379. The van der Waals surface area contributed by atoms with Crippen molar-refractivity contribution in [1.82, 2.24) is 15.3 Å². The summed E-state index contributed by atoms with van der Waals surface area (Å²) in [5.41, 5.74) is 4.35. The molecule has 0 radical (unpaired) electrons. The number of rotatable bonds is 5. The summed E-state index contributed by atoms with van der Waals surface area (Å²) in [6, 6.07) is 5.89. The van der Waals surface area contributed by atoms with Crippen LogP contribution < -0.4 is 5.32 Å². The Morgan fingerprint density at radius 3 is 2.21 bits per heavy atom. The SMILES string of the molecule is C/C=C(NCc1ccc2nccnc2c1)\C(O)=C(\Cl)C=C(C)C.CC.CCC. The maximum absolute atomic E-state index is 10.2. The van der Waals surface area contributed by atoms with Gasteiger partial charge in [0.2, 0.25) is 0 Å². The lowest BCUT2D eigenvalue weighted by atomic mass is 10.2. The number of nitrogens with one attached hydrogen (secondary N) is 1. The van der Waals surface area contributed by atoms with Gasteiger partial charge in [0, 0.05) is 18.9 Å². The van der Waals surface area contributed by atoms with E-state index in [2.05, 4.69) is 29.1 Å². The molecule has 0 fully saturated rings. The van der Waals surface area contributed by atoms with Crippen molar-refractivity contribution >= 4 is 22.6 Å². The highest BCUT2D eigenvalue weighted by atomic mass is 35.5. The molecule has 0 saturated heterocycles. The van der Waals surface area contributed by atoms with E-state index in [0.29, 0.717) is 17.3 Å². The third-order valence-electron chi connectivity index (χ3n) is 3.20. The van der Waals surface area contributed by atoms with Crippen LogP contribution in [0.3, 0.4) is 0 Å². The highest BCUT2D eigenvalue weighted by Gasteiger charge is 2.07. The molecule has 1 aromatic carbocycles. The molecular formula is C23H34ClN3O. The second-order valence-corrected chi connectivity index (χ2v) is 6.47. The molecule has 2 N–H and O–H groups in total. The van der Waals surface area contributed by atoms with Crippen molar-refractivity contribution < 1.29 is 5.11 Å². The van der Waals surface area contributed by atoms with Crippen molar-refractivity contribution in [2.24, 2.45) is 0 Å². The first kappa shape index (κ1) is 25.7.